The van der Waals surface area contributed by atoms with Crippen molar-refractivity contribution >= 4 is 27.8 Å². The van der Waals surface area contributed by atoms with Crippen LogP contribution in [-0.4, -0.2) is 32.0 Å². The number of benzene rings is 1. The minimum atomic E-state index is -1.00. The van der Waals surface area contributed by atoms with Crippen LogP contribution in [0.2, 0.25) is 0 Å². The van der Waals surface area contributed by atoms with Crippen molar-refractivity contribution in [2.75, 3.05) is 0 Å². The van der Waals surface area contributed by atoms with Gasteiger partial charge in [-0.25, -0.2) is 4.68 Å². The molecule has 1 aromatic carbocycles. The third kappa shape index (κ3) is 3.89. The number of aliphatic carboxylic acids is 1. The van der Waals surface area contributed by atoms with E-state index in [2.05, 4.69) is 31.6 Å². The molecule has 2 N–H and O–H groups in total. The van der Waals surface area contributed by atoms with Gasteiger partial charge in [-0.2, -0.15) is 0 Å². The van der Waals surface area contributed by atoms with E-state index in [0.29, 0.717) is 11.3 Å². The smallest absolute Gasteiger partial charge is 0.325 e. The van der Waals surface area contributed by atoms with Crippen LogP contribution in [0.4, 0.5) is 0 Å². The number of hydrogen-bond donors (Lipinski definition) is 2. The molecular weight excluding hydrogens is 328 g/mol. The van der Waals surface area contributed by atoms with Gasteiger partial charge in [0.25, 0.3) is 5.91 Å². The molecule has 7 nitrogen and oxygen atoms in total. The van der Waals surface area contributed by atoms with Gasteiger partial charge in [0.2, 0.25) is 0 Å². The molecule has 0 radical (unpaired) electrons. The van der Waals surface area contributed by atoms with Crippen molar-refractivity contribution in [1.29, 1.82) is 0 Å². The number of halogens is 1. The number of carboxylic acid groups (broad SMARTS) is 1. The molecule has 8 heteroatoms. The van der Waals surface area contributed by atoms with Crippen LogP contribution in [0.1, 0.15) is 16.1 Å². The molecule has 104 valence electrons. The van der Waals surface area contributed by atoms with Gasteiger partial charge >= 0.3 is 5.97 Å². The number of nitrogens with zero attached hydrogens (tertiary/aromatic N) is 3. The van der Waals surface area contributed by atoms with Crippen LogP contribution in [0.5, 0.6) is 0 Å². The van der Waals surface area contributed by atoms with Crippen LogP contribution in [0.15, 0.2) is 34.9 Å². The first-order valence-corrected chi connectivity index (χ1v) is 6.48. The zero-order chi connectivity index (χ0) is 14.5. The number of nitrogens with one attached hydrogen (secondary N) is 1. The maximum Gasteiger partial charge on any atom is 0.325 e. The number of carbonyl (C=O) groups excluding carboxylic acids is 1. The normalized spacial score (nSPS) is 10.2. The fourth-order valence-electron chi connectivity index (χ4n) is 1.54. The van der Waals surface area contributed by atoms with E-state index >= 15 is 0 Å². The summed E-state index contributed by atoms with van der Waals surface area (Å²) in [5.41, 5.74) is 1.02. The van der Waals surface area contributed by atoms with Crippen molar-refractivity contribution in [3.63, 3.8) is 0 Å². The van der Waals surface area contributed by atoms with E-state index in [1.807, 2.05) is 6.07 Å². The summed E-state index contributed by atoms with van der Waals surface area (Å²) >= 11 is 3.29. The Morgan fingerprint density at radius 1 is 1.40 bits per heavy atom. The van der Waals surface area contributed by atoms with Gasteiger partial charge in [0.05, 0.1) is 12.7 Å². The van der Waals surface area contributed by atoms with E-state index in [9.17, 15) is 9.59 Å². The Balaban J connectivity index is 1.93. The zero-order valence-corrected chi connectivity index (χ0v) is 11.9. The molecule has 0 saturated heterocycles. The fraction of sp³-hybridized carbons (Fsp3) is 0.167. The second kappa shape index (κ2) is 6.29. The summed E-state index contributed by atoms with van der Waals surface area (Å²) in [6.07, 6.45) is 1.48. The average Bonchev–Trinajstić information content (AvgIpc) is 2.82. The summed E-state index contributed by atoms with van der Waals surface area (Å²) in [4.78, 5) is 22.4. The van der Waals surface area contributed by atoms with E-state index in [-0.39, 0.29) is 19.0 Å². The van der Waals surface area contributed by atoms with E-state index in [1.54, 1.807) is 18.2 Å². The van der Waals surface area contributed by atoms with Crippen LogP contribution in [0.25, 0.3) is 0 Å². The Morgan fingerprint density at radius 3 is 2.90 bits per heavy atom. The molecule has 0 bridgehead atoms. The molecule has 0 aliphatic heterocycles. The maximum atomic E-state index is 11.9. The molecule has 2 aromatic rings. The van der Waals surface area contributed by atoms with Crippen LogP contribution in [0.3, 0.4) is 0 Å². The summed E-state index contributed by atoms with van der Waals surface area (Å²) in [6, 6.07) is 6.99. The molecule has 0 aliphatic rings. The fourth-order valence-corrected chi connectivity index (χ4v) is 1.94. The molecule has 0 atom stereocenters. The molecule has 0 unspecified atom stereocenters. The van der Waals surface area contributed by atoms with Gasteiger partial charge in [0.1, 0.15) is 12.2 Å². The molecule has 20 heavy (non-hydrogen) atoms. The average molecular weight is 339 g/mol. The van der Waals surface area contributed by atoms with Crippen LogP contribution in [-0.2, 0) is 17.9 Å². The van der Waals surface area contributed by atoms with Gasteiger partial charge in [0.15, 0.2) is 0 Å². The lowest BCUT2D eigenvalue weighted by atomic mass is 10.2. The molecule has 0 saturated carbocycles. The maximum absolute atomic E-state index is 11.9. The second-order valence-corrected chi connectivity index (χ2v) is 4.91. The monoisotopic (exact) mass is 338 g/mol. The molecule has 1 amide bonds. The van der Waals surface area contributed by atoms with Crippen molar-refractivity contribution in [2.24, 2.45) is 0 Å². The van der Waals surface area contributed by atoms with Gasteiger partial charge in [-0.05, 0) is 18.2 Å². The zero-order valence-electron chi connectivity index (χ0n) is 10.3. The largest absolute Gasteiger partial charge is 0.480 e. The topological polar surface area (TPSA) is 97.1 Å². The molecule has 0 fully saturated rings. The minimum absolute atomic E-state index is 0.185. The van der Waals surface area contributed by atoms with Crippen molar-refractivity contribution < 1.29 is 14.7 Å². The first kappa shape index (κ1) is 14.2. The molecule has 0 spiro atoms. The number of amides is 1. The van der Waals surface area contributed by atoms with Gasteiger partial charge < -0.3 is 10.4 Å². The number of carbonyl (C=O) groups is 2. The highest BCUT2D eigenvalue weighted by Gasteiger charge is 2.08. The molecular formula is C12H11BrN4O3. The van der Waals surface area contributed by atoms with Gasteiger partial charge in [0, 0.05) is 10.0 Å². The molecule has 1 aromatic heterocycles. The second-order valence-electron chi connectivity index (χ2n) is 3.99. The van der Waals surface area contributed by atoms with E-state index in [1.165, 1.54) is 10.9 Å². The first-order valence-electron chi connectivity index (χ1n) is 5.69. The SMILES string of the molecule is O=C(O)Cn1cc(CNC(=O)c2cccc(Br)c2)nn1. The highest BCUT2D eigenvalue weighted by molar-refractivity contribution is 9.10. The highest BCUT2D eigenvalue weighted by Crippen LogP contribution is 2.11. The van der Waals surface area contributed by atoms with Gasteiger partial charge in [-0.15, -0.1) is 5.10 Å². The highest BCUT2D eigenvalue weighted by atomic mass is 79.9. The van der Waals surface area contributed by atoms with Crippen molar-refractivity contribution in [2.45, 2.75) is 13.1 Å². The number of aromatic nitrogens is 3. The lowest BCUT2D eigenvalue weighted by Crippen LogP contribution is -2.22. The van der Waals surface area contributed by atoms with Gasteiger partial charge in [-0.1, -0.05) is 27.2 Å². The lowest BCUT2D eigenvalue weighted by Gasteiger charge is -2.03. The summed E-state index contributed by atoms with van der Waals surface area (Å²) in [5.74, 6) is -1.24. The molecule has 0 aliphatic carbocycles. The Kier molecular flexibility index (Phi) is 4.46. The molecule has 2 rings (SSSR count). The third-order valence-corrected chi connectivity index (χ3v) is 2.89. The van der Waals surface area contributed by atoms with Crippen LogP contribution >= 0.6 is 15.9 Å². The van der Waals surface area contributed by atoms with E-state index in [4.69, 9.17) is 5.11 Å². The molecule has 1 heterocycles. The first-order chi connectivity index (χ1) is 9.54. The summed E-state index contributed by atoms with van der Waals surface area (Å²) in [6.45, 7) is -0.0719. The van der Waals surface area contributed by atoms with Gasteiger partial charge in [-0.3, -0.25) is 9.59 Å². The number of carboxylic acids is 1. The van der Waals surface area contributed by atoms with Crippen molar-refractivity contribution in [3.05, 3.63) is 46.2 Å². The summed E-state index contributed by atoms with van der Waals surface area (Å²) < 4.78 is 2.01. The van der Waals surface area contributed by atoms with Crippen molar-refractivity contribution in [1.82, 2.24) is 20.3 Å². The Morgan fingerprint density at radius 2 is 2.20 bits per heavy atom. The van der Waals surface area contributed by atoms with Crippen molar-refractivity contribution in [3.8, 4) is 0 Å². The number of rotatable bonds is 5. The van der Waals surface area contributed by atoms with E-state index < -0.39 is 5.97 Å². The standard InChI is InChI=1S/C12H11BrN4O3/c13-9-3-1-2-8(4-9)12(20)14-5-10-6-17(16-15-10)7-11(18)19/h1-4,6H,5,7H2,(H,14,20)(H,18,19). The van der Waals surface area contributed by atoms with Crippen LogP contribution < -0.4 is 5.32 Å². The summed E-state index contributed by atoms with van der Waals surface area (Å²) in [5, 5.41) is 18.7. The predicted molar refractivity (Wildman–Crippen MR) is 73.0 cm³/mol. The summed E-state index contributed by atoms with van der Waals surface area (Å²) in [7, 11) is 0. The third-order valence-electron chi connectivity index (χ3n) is 2.40. The predicted octanol–water partition coefficient (Wildman–Crippen LogP) is 1.06. The Labute approximate surface area is 122 Å². The van der Waals surface area contributed by atoms with Crippen LogP contribution in [0, 0.1) is 0 Å². The van der Waals surface area contributed by atoms with E-state index in [0.717, 1.165) is 4.47 Å². The lowest BCUT2D eigenvalue weighted by molar-refractivity contribution is -0.137. The Bertz CT molecular complexity index is 641. The quantitative estimate of drug-likeness (QED) is 0.849. The number of hydrogen-bond acceptors (Lipinski definition) is 4. The minimum Gasteiger partial charge on any atom is -0.480 e. The Hall–Kier alpha value is -2.22.